The molecule has 0 spiro atoms. The summed E-state index contributed by atoms with van der Waals surface area (Å²) in [5, 5.41) is 0. The summed E-state index contributed by atoms with van der Waals surface area (Å²) < 4.78 is 13.8. The normalized spacial score (nSPS) is 16.3. The van der Waals surface area contributed by atoms with E-state index in [1.54, 1.807) is 0 Å². The molecule has 3 aliphatic rings. The largest absolute Gasteiger partial charge is 0.494 e. The molecular weight excluding hydrogens is 909 g/mol. The van der Waals surface area contributed by atoms with Gasteiger partial charge in [-0.05, 0) is 152 Å². The lowest BCUT2D eigenvalue weighted by Gasteiger charge is -2.42. The highest BCUT2D eigenvalue weighted by Crippen LogP contribution is 2.54. The third-order valence-electron chi connectivity index (χ3n) is 14.4. The van der Waals surface area contributed by atoms with Crippen LogP contribution in [0.4, 0.5) is 51.2 Å². The van der Waals surface area contributed by atoms with Gasteiger partial charge >= 0.3 is 7.12 Å². The SMILES string of the molecule is CC.CC1(C)c2ccccc2N(c2ccc(N(c3ccccc3)c3ccccc3)cc2)c2ccc(Br)cc21.CC1(C)c2ccccc2N(c2ccccc2)c2ccc(B3OC(C)(C)C(C)(C)O3)cc21. The maximum Gasteiger partial charge on any atom is 0.494 e. The van der Waals surface area contributed by atoms with Crippen molar-refractivity contribution in [1.82, 2.24) is 0 Å². The lowest BCUT2D eigenvalue weighted by atomic mass is 9.69. The summed E-state index contributed by atoms with van der Waals surface area (Å²) in [7, 11) is -0.367. The van der Waals surface area contributed by atoms with Gasteiger partial charge in [0.1, 0.15) is 0 Å². The van der Waals surface area contributed by atoms with Gasteiger partial charge in [0, 0.05) is 43.7 Å². The summed E-state index contributed by atoms with van der Waals surface area (Å²) in [4.78, 5) is 7.05. The number of para-hydroxylation sites is 5. The second-order valence-corrected chi connectivity index (χ2v) is 20.8. The van der Waals surface area contributed by atoms with Crippen molar-refractivity contribution >= 4 is 79.7 Å². The first-order chi connectivity index (χ1) is 33.2. The van der Waals surface area contributed by atoms with E-state index in [0.717, 1.165) is 38.4 Å². The maximum absolute atomic E-state index is 6.35. The lowest BCUT2D eigenvalue weighted by molar-refractivity contribution is 0.00578. The van der Waals surface area contributed by atoms with Crippen molar-refractivity contribution in [3.63, 3.8) is 0 Å². The van der Waals surface area contributed by atoms with E-state index in [2.05, 4.69) is 286 Å². The Labute approximate surface area is 419 Å². The van der Waals surface area contributed by atoms with Crippen LogP contribution in [0.25, 0.3) is 0 Å². The second kappa shape index (κ2) is 18.8. The highest BCUT2D eigenvalue weighted by Gasteiger charge is 2.52. The molecule has 0 atom stereocenters. The first-order valence-corrected chi connectivity index (χ1v) is 25.1. The molecule has 0 N–H and O–H groups in total. The van der Waals surface area contributed by atoms with Crippen LogP contribution in [0.1, 0.15) is 91.5 Å². The summed E-state index contributed by atoms with van der Waals surface area (Å²) >= 11 is 3.70. The average Bonchev–Trinajstić information content (AvgIpc) is 3.59. The molecule has 5 nitrogen and oxygen atoms in total. The minimum atomic E-state index is -0.367. The van der Waals surface area contributed by atoms with Crippen molar-refractivity contribution in [3.05, 3.63) is 227 Å². The lowest BCUT2D eigenvalue weighted by Crippen LogP contribution is -2.41. The highest BCUT2D eigenvalue weighted by molar-refractivity contribution is 9.10. The van der Waals surface area contributed by atoms with Gasteiger partial charge in [-0.25, -0.2) is 0 Å². The number of nitrogens with zero attached hydrogens (tertiary/aromatic N) is 3. The van der Waals surface area contributed by atoms with Gasteiger partial charge in [0.15, 0.2) is 0 Å². The zero-order valence-corrected chi connectivity index (χ0v) is 43.3. The van der Waals surface area contributed by atoms with Gasteiger partial charge < -0.3 is 24.0 Å². The molecule has 0 aliphatic carbocycles. The van der Waals surface area contributed by atoms with Crippen LogP contribution in [0.3, 0.4) is 0 Å². The van der Waals surface area contributed by atoms with E-state index in [9.17, 15) is 0 Å². The Kier molecular flexibility index (Phi) is 13.0. The fourth-order valence-corrected chi connectivity index (χ4v) is 10.4. The predicted octanol–water partition coefficient (Wildman–Crippen LogP) is 17.1. The molecule has 7 heteroatoms. The molecule has 69 heavy (non-hydrogen) atoms. The van der Waals surface area contributed by atoms with Gasteiger partial charge in [-0.2, -0.15) is 0 Å². The van der Waals surface area contributed by atoms with Gasteiger partial charge in [-0.3, -0.25) is 0 Å². The molecule has 1 saturated heterocycles. The Balaban J connectivity index is 0.000000168. The third-order valence-corrected chi connectivity index (χ3v) is 14.9. The molecule has 0 unspecified atom stereocenters. The molecule has 348 valence electrons. The topological polar surface area (TPSA) is 28.2 Å². The summed E-state index contributed by atoms with van der Waals surface area (Å²) in [6.07, 6.45) is 0. The Hall–Kier alpha value is -6.38. The molecule has 11 rings (SSSR count). The molecule has 0 radical (unpaired) electrons. The van der Waals surface area contributed by atoms with Gasteiger partial charge in [0.05, 0.1) is 34.0 Å². The van der Waals surface area contributed by atoms with E-state index >= 15 is 0 Å². The molecule has 1 fully saturated rings. The van der Waals surface area contributed by atoms with Crippen LogP contribution in [0.2, 0.25) is 0 Å². The molecule has 3 aliphatic heterocycles. The van der Waals surface area contributed by atoms with E-state index in [1.807, 2.05) is 13.8 Å². The van der Waals surface area contributed by atoms with Gasteiger partial charge in [0.25, 0.3) is 0 Å². The van der Waals surface area contributed by atoms with Crippen LogP contribution in [0.5, 0.6) is 0 Å². The van der Waals surface area contributed by atoms with Crippen molar-refractivity contribution in [2.45, 2.75) is 91.3 Å². The maximum atomic E-state index is 6.35. The molecule has 0 amide bonds. The fraction of sp³-hybridized carbons (Fsp3) is 0.226. The number of halogens is 1. The number of rotatable bonds is 6. The Morgan fingerprint density at radius 1 is 0.391 bits per heavy atom. The number of anilines is 9. The van der Waals surface area contributed by atoms with Crippen molar-refractivity contribution in [1.29, 1.82) is 0 Å². The number of hydrogen-bond acceptors (Lipinski definition) is 5. The molecule has 0 aromatic heterocycles. The smallest absolute Gasteiger partial charge is 0.399 e. The van der Waals surface area contributed by atoms with E-state index in [-0.39, 0.29) is 29.2 Å². The molecule has 0 saturated carbocycles. The van der Waals surface area contributed by atoms with Crippen LogP contribution >= 0.6 is 15.9 Å². The Morgan fingerprint density at radius 2 is 0.768 bits per heavy atom. The van der Waals surface area contributed by atoms with Crippen molar-refractivity contribution in [2.24, 2.45) is 0 Å². The van der Waals surface area contributed by atoms with E-state index in [1.165, 1.54) is 45.0 Å². The van der Waals surface area contributed by atoms with Crippen LogP contribution in [0, 0.1) is 0 Å². The van der Waals surface area contributed by atoms with Crippen molar-refractivity contribution in [3.8, 4) is 0 Å². The van der Waals surface area contributed by atoms with Crippen molar-refractivity contribution < 1.29 is 9.31 Å². The van der Waals surface area contributed by atoms with Crippen LogP contribution < -0.4 is 20.2 Å². The van der Waals surface area contributed by atoms with Crippen molar-refractivity contribution in [2.75, 3.05) is 14.7 Å². The number of hydrogen-bond donors (Lipinski definition) is 0. The molecule has 8 aromatic carbocycles. The standard InChI is InChI=1S/C33H27BrN2.C27H30BNO2.C2H6/c1-33(2)29-15-9-10-16-31(29)36(32-22-17-24(34)23-30(32)33)28-20-18-27(19-21-28)35(25-11-5-3-6-12-25)26-13-7-4-8-14-26;1-25(2)21-14-10-11-15-23(21)29(20-12-8-7-9-13-20)24-17-16-19(18-22(24)25)28-30-26(3,4)27(5,6)31-28;1-2/h3-23H,1-2H3;7-18H,1-6H3;1-2H3. The van der Waals surface area contributed by atoms with Gasteiger partial charge in [0.2, 0.25) is 0 Å². The molecule has 8 aromatic rings. The van der Waals surface area contributed by atoms with E-state index < -0.39 is 0 Å². The van der Waals surface area contributed by atoms with Crippen LogP contribution in [-0.4, -0.2) is 18.3 Å². The first kappa shape index (κ1) is 47.7. The summed E-state index contributed by atoms with van der Waals surface area (Å²) in [6.45, 7) is 21.6. The highest BCUT2D eigenvalue weighted by atomic mass is 79.9. The third kappa shape index (κ3) is 8.71. The van der Waals surface area contributed by atoms with Crippen LogP contribution in [0.15, 0.2) is 205 Å². The zero-order valence-electron chi connectivity index (χ0n) is 41.7. The summed E-state index contributed by atoms with van der Waals surface area (Å²) in [5.74, 6) is 0. The van der Waals surface area contributed by atoms with Gasteiger partial charge in [-0.1, -0.05) is 161 Å². The predicted molar refractivity (Wildman–Crippen MR) is 296 cm³/mol. The van der Waals surface area contributed by atoms with Gasteiger partial charge in [-0.15, -0.1) is 0 Å². The zero-order chi connectivity index (χ0) is 48.7. The summed E-state index contributed by atoms with van der Waals surface area (Å²) in [5.41, 5.74) is 15.9. The molecular formula is C62H63BBrN3O2. The Bertz CT molecular complexity index is 3010. The fourth-order valence-electron chi connectivity index (χ4n) is 10.0. The average molecular weight is 973 g/mol. The van der Waals surface area contributed by atoms with Crippen LogP contribution in [-0.2, 0) is 20.1 Å². The minimum Gasteiger partial charge on any atom is -0.399 e. The Morgan fingerprint density at radius 3 is 1.26 bits per heavy atom. The van der Waals surface area contributed by atoms with E-state index in [0.29, 0.717) is 0 Å². The number of fused-ring (bicyclic) bond motifs is 4. The molecule has 3 heterocycles. The number of benzene rings is 8. The molecule has 0 bridgehead atoms. The minimum absolute atomic E-state index is 0.0937. The quantitative estimate of drug-likeness (QED) is 0.155. The second-order valence-electron chi connectivity index (χ2n) is 19.8. The monoisotopic (exact) mass is 971 g/mol. The summed E-state index contributed by atoms with van der Waals surface area (Å²) in [6, 6.07) is 71.3. The first-order valence-electron chi connectivity index (χ1n) is 24.3. The van der Waals surface area contributed by atoms with E-state index in [4.69, 9.17) is 9.31 Å².